The summed E-state index contributed by atoms with van der Waals surface area (Å²) < 4.78 is 5.39. The van der Waals surface area contributed by atoms with Gasteiger partial charge >= 0.3 is 0 Å². The predicted octanol–water partition coefficient (Wildman–Crippen LogP) is 2.25. The van der Waals surface area contributed by atoms with E-state index in [1.807, 2.05) is 0 Å². The van der Waals surface area contributed by atoms with Crippen LogP contribution in [0.25, 0.3) is 0 Å². The third-order valence-electron chi connectivity index (χ3n) is 4.34. The molecule has 0 aromatic heterocycles. The summed E-state index contributed by atoms with van der Waals surface area (Å²) in [5.74, 6) is 0.729. The van der Waals surface area contributed by atoms with Crippen LogP contribution >= 0.6 is 0 Å². The Balaban J connectivity index is 3.72. The van der Waals surface area contributed by atoms with E-state index in [4.69, 9.17) is 16.2 Å². The molecule has 5 nitrogen and oxygen atoms in total. The highest BCUT2D eigenvalue weighted by atomic mass is 16.5. The SMILES string of the molecule is CCOCCCCCCC(CNCCCCN)CNCCCCN. The van der Waals surface area contributed by atoms with Crippen molar-refractivity contribution in [2.24, 2.45) is 17.4 Å². The zero-order chi connectivity index (χ0) is 17.7. The maximum atomic E-state index is 5.55. The van der Waals surface area contributed by atoms with E-state index in [-0.39, 0.29) is 0 Å². The molecular weight excluding hydrogens is 300 g/mol. The normalized spacial score (nSPS) is 11.5. The van der Waals surface area contributed by atoms with Gasteiger partial charge in [0.15, 0.2) is 0 Å². The van der Waals surface area contributed by atoms with E-state index >= 15 is 0 Å². The van der Waals surface area contributed by atoms with Gasteiger partial charge in [0.1, 0.15) is 0 Å². The lowest BCUT2D eigenvalue weighted by molar-refractivity contribution is 0.142. The molecule has 0 aromatic rings. The molecule has 0 aliphatic rings. The van der Waals surface area contributed by atoms with Crippen LogP contribution in [0.2, 0.25) is 0 Å². The van der Waals surface area contributed by atoms with E-state index in [0.29, 0.717) is 0 Å². The molecule has 6 N–H and O–H groups in total. The Labute approximate surface area is 150 Å². The van der Waals surface area contributed by atoms with Crippen LogP contribution < -0.4 is 22.1 Å². The number of rotatable bonds is 20. The van der Waals surface area contributed by atoms with Crippen molar-refractivity contribution in [2.45, 2.75) is 64.7 Å². The first-order chi connectivity index (χ1) is 11.8. The minimum Gasteiger partial charge on any atom is -0.382 e. The fourth-order valence-corrected chi connectivity index (χ4v) is 2.81. The topological polar surface area (TPSA) is 85.3 Å². The summed E-state index contributed by atoms with van der Waals surface area (Å²) in [5, 5.41) is 7.21. The smallest absolute Gasteiger partial charge is 0.0465 e. The van der Waals surface area contributed by atoms with Crippen molar-refractivity contribution in [3.05, 3.63) is 0 Å². The van der Waals surface area contributed by atoms with E-state index < -0.39 is 0 Å². The summed E-state index contributed by atoms with van der Waals surface area (Å²) in [5.41, 5.74) is 11.1. The van der Waals surface area contributed by atoms with Gasteiger partial charge in [0.2, 0.25) is 0 Å². The fourth-order valence-electron chi connectivity index (χ4n) is 2.81. The first-order valence-corrected chi connectivity index (χ1v) is 10.2. The van der Waals surface area contributed by atoms with Gasteiger partial charge in [-0.15, -0.1) is 0 Å². The van der Waals surface area contributed by atoms with Gasteiger partial charge in [-0.3, -0.25) is 0 Å². The van der Waals surface area contributed by atoms with Gasteiger partial charge in [-0.05, 0) is 90.6 Å². The highest BCUT2D eigenvalue weighted by Gasteiger charge is 2.08. The highest BCUT2D eigenvalue weighted by molar-refractivity contribution is 4.66. The maximum Gasteiger partial charge on any atom is 0.0465 e. The van der Waals surface area contributed by atoms with Crippen molar-refractivity contribution in [3.8, 4) is 0 Å². The average molecular weight is 345 g/mol. The van der Waals surface area contributed by atoms with Crippen molar-refractivity contribution in [1.82, 2.24) is 10.6 Å². The number of unbranched alkanes of at least 4 members (excludes halogenated alkanes) is 5. The quantitative estimate of drug-likeness (QED) is 0.255. The van der Waals surface area contributed by atoms with Crippen LogP contribution in [0.1, 0.15) is 64.7 Å². The average Bonchev–Trinajstić information content (AvgIpc) is 2.59. The molecule has 0 spiro atoms. The Kier molecular flexibility index (Phi) is 20.7. The van der Waals surface area contributed by atoms with E-state index in [1.54, 1.807) is 0 Å². The Morgan fingerprint density at radius 2 is 1.33 bits per heavy atom. The molecule has 0 saturated carbocycles. The van der Waals surface area contributed by atoms with Crippen molar-refractivity contribution in [3.63, 3.8) is 0 Å². The van der Waals surface area contributed by atoms with E-state index in [9.17, 15) is 0 Å². The standard InChI is InChI=1S/C19H44N4O/c1-2-24-16-10-4-3-5-11-19(17-22-14-8-6-12-20)18-23-15-9-7-13-21/h19,22-23H,2-18,20-21H2,1H3. The number of nitrogens with two attached hydrogens (primary N) is 2. The highest BCUT2D eigenvalue weighted by Crippen LogP contribution is 2.10. The molecule has 0 atom stereocenters. The van der Waals surface area contributed by atoms with Crippen molar-refractivity contribution >= 4 is 0 Å². The predicted molar refractivity (Wildman–Crippen MR) is 105 cm³/mol. The van der Waals surface area contributed by atoms with Gasteiger partial charge in [0, 0.05) is 13.2 Å². The lowest BCUT2D eigenvalue weighted by Crippen LogP contribution is -2.32. The second kappa shape index (κ2) is 20.8. The van der Waals surface area contributed by atoms with Gasteiger partial charge in [-0.2, -0.15) is 0 Å². The first kappa shape index (κ1) is 23.8. The molecule has 146 valence electrons. The van der Waals surface area contributed by atoms with E-state index in [2.05, 4.69) is 17.6 Å². The van der Waals surface area contributed by atoms with Crippen LogP contribution in [0.4, 0.5) is 0 Å². The molecule has 0 unspecified atom stereocenters. The van der Waals surface area contributed by atoms with E-state index in [0.717, 1.165) is 71.2 Å². The van der Waals surface area contributed by atoms with Crippen LogP contribution in [-0.2, 0) is 4.74 Å². The second-order valence-corrected chi connectivity index (χ2v) is 6.67. The van der Waals surface area contributed by atoms with Crippen molar-refractivity contribution < 1.29 is 4.74 Å². The minimum atomic E-state index is 0.729. The molecule has 0 fully saturated rings. The lowest BCUT2D eigenvalue weighted by Gasteiger charge is -2.18. The molecule has 0 aliphatic carbocycles. The monoisotopic (exact) mass is 344 g/mol. The minimum absolute atomic E-state index is 0.729. The molecule has 0 aromatic carbocycles. The largest absolute Gasteiger partial charge is 0.382 e. The molecule has 0 heterocycles. The summed E-state index contributed by atoms with van der Waals surface area (Å²) in [6, 6.07) is 0. The van der Waals surface area contributed by atoms with Crippen LogP contribution in [-0.4, -0.2) is 52.5 Å². The number of hydrogen-bond donors (Lipinski definition) is 4. The van der Waals surface area contributed by atoms with Gasteiger partial charge in [-0.25, -0.2) is 0 Å². The molecule has 0 bridgehead atoms. The van der Waals surface area contributed by atoms with Crippen molar-refractivity contribution in [2.75, 3.05) is 52.5 Å². The van der Waals surface area contributed by atoms with Gasteiger partial charge in [0.25, 0.3) is 0 Å². The fraction of sp³-hybridized carbons (Fsp3) is 1.00. The van der Waals surface area contributed by atoms with Crippen LogP contribution in [0, 0.1) is 5.92 Å². The van der Waals surface area contributed by atoms with Crippen LogP contribution in [0.15, 0.2) is 0 Å². The van der Waals surface area contributed by atoms with Gasteiger partial charge < -0.3 is 26.8 Å². The van der Waals surface area contributed by atoms with Gasteiger partial charge in [-0.1, -0.05) is 19.3 Å². The van der Waals surface area contributed by atoms with Crippen LogP contribution in [0.5, 0.6) is 0 Å². The number of hydrogen-bond acceptors (Lipinski definition) is 5. The summed E-state index contributed by atoms with van der Waals surface area (Å²) in [6.07, 6.45) is 11.1. The molecule has 0 radical (unpaired) electrons. The Morgan fingerprint density at radius 1 is 0.750 bits per heavy atom. The van der Waals surface area contributed by atoms with Crippen LogP contribution in [0.3, 0.4) is 0 Å². The summed E-state index contributed by atoms with van der Waals surface area (Å²) in [7, 11) is 0. The lowest BCUT2D eigenvalue weighted by atomic mass is 10.00. The number of ether oxygens (including phenoxy) is 1. The summed E-state index contributed by atoms with van der Waals surface area (Å²) in [4.78, 5) is 0. The molecule has 5 heteroatoms. The van der Waals surface area contributed by atoms with Crippen molar-refractivity contribution in [1.29, 1.82) is 0 Å². The Bertz CT molecular complexity index is 215. The first-order valence-electron chi connectivity index (χ1n) is 10.2. The zero-order valence-electron chi connectivity index (χ0n) is 16.2. The van der Waals surface area contributed by atoms with Gasteiger partial charge in [0.05, 0.1) is 0 Å². The molecule has 24 heavy (non-hydrogen) atoms. The molecule has 0 aliphatic heterocycles. The maximum absolute atomic E-state index is 5.55. The Hall–Kier alpha value is -0.200. The second-order valence-electron chi connectivity index (χ2n) is 6.67. The molecule has 0 rings (SSSR count). The third-order valence-corrected chi connectivity index (χ3v) is 4.34. The molecule has 0 saturated heterocycles. The zero-order valence-corrected chi connectivity index (χ0v) is 16.2. The summed E-state index contributed by atoms with van der Waals surface area (Å²) in [6.45, 7) is 9.85. The Morgan fingerprint density at radius 3 is 1.88 bits per heavy atom. The number of nitrogens with one attached hydrogen (secondary N) is 2. The van der Waals surface area contributed by atoms with E-state index in [1.165, 1.54) is 44.9 Å². The molecule has 0 amide bonds. The molecular formula is C19H44N4O. The third kappa shape index (κ3) is 18.1. The summed E-state index contributed by atoms with van der Waals surface area (Å²) >= 11 is 0.